The number of hydrogen-bond donors (Lipinski definition) is 4. The van der Waals surface area contributed by atoms with E-state index >= 15 is 0 Å². The Morgan fingerprint density at radius 3 is 2.29 bits per heavy atom. The van der Waals surface area contributed by atoms with E-state index < -0.39 is 36.0 Å². The number of aliphatic hydroxyl groups excluding tert-OH is 2. The molecule has 12 heteroatoms. The number of rotatable bonds is 11. The van der Waals surface area contributed by atoms with Crippen molar-refractivity contribution in [1.82, 2.24) is 10.2 Å². The van der Waals surface area contributed by atoms with Gasteiger partial charge >= 0.3 is 12.1 Å². The third-order valence-corrected chi connectivity index (χ3v) is 7.40. The standard InChI is InChI=1S/C29H36N4O7S/c1-41-27-31-26-29(38,32-27)16-23(34)24(35)17-33(26)15-9-8-14-22(25(36)39-18-20-10-4-2-5-11-20)30-28(37)40-19-21-12-6-3-7-13-21/h2-7,10-13,22-24,34-35,38H,8-9,14-19H2,1H3,(H,30,37)/t22-,23-,24+,29?/m0/s1. The highest BCUT2D eigenvalue weighted by molar-refractivity contribution is 8.13. The molecular weight excluding hydrogens is 548 g/mol. The van der Waals surface area contributed by atoms with Gasteiger partial charge in [-0.05, 0) is 36.6 Å². The largest absolute Gasteiger partial charge is 0.459 e. The molecular formula is C29H36N4O7S. The molecule has 0 aliphatic carbocycles. The fraction of sp³-hybridized carbons (Fsp3) is 0.448. The quantitative estimate of drug-likeness (QED) is 0.230. The van der Waals surface area contributed by atoms with Gasteiger partial charge in [0.25, 0.3) is 0 Å². The Kier molecular flexibility index (Phi) is 10.7. The minimum Gasteiger partial charge on any atom is -0.459 e. The van der Waals surface area contributed by atoms with Crippen LogP contribution in [-0.4, -0.2) is 86.6 Å². The Hall–Kier alpha value is -3.45. The number of carbonyl (C=O) groups is 2. The molecule has 11 nitrogen and oxygen atoms in total. The summed E-state index contributed by atoms with van der Waals surface area (Å²) in [6.07, 6.45) is -0.0167. The van der Waals surface area contributed by atoms with Crippen molar-refractivity contribution in [1.29, 1.82) is 0 Å². The van der Waals surface area contributed by atoms with Crippen LogP contribution in [0.3, 0.4) is 0 Å². The second-order valence-electron chi connectivity index (χ2n) is 9.98. The number of β-amino-alcohol motifs (C(OH)–C–C–N with tert-alkyl or cyclic N) is 1. The molecule has 1 amide bonds. The molecule has 1 fully saturated rings. The van der Waals surface area contributed by atoms with Crippen molar-refractivity contribution in [3.63, 3.8) is 0 Å². The number of likely N-dealkylation sites (tertiary alicyclic amines) is 1. The fourth-order valence-electron chi connectivity index (χ4n) is 4.66. The van der Waals surface area contributed by atoms with E-state index in [0.717, 1.165) is 11.1 Å². The van der Waals surface area contributed by atoms with Crippen LogP contribution in [0.1, 0.15) is 36.8 Å². The summed E-state index contributed by atoms with van der Waals surface area (Å²) in [6.45, 7) is 0.590. The zero-order valence-electron chi connectivity index (χ0n) is 22.9. The SMILES string of the molecule is CSC1=NC2(O)C[C@H](O)[C@H](O)CN(CCCC[C@H](NC(=O)OCc3ccccc3)C(=O)OCc3ccccc3)C2=N1. The zero-order chi connectivity index (χ0) is 29.2. The zero-order valence-corrected chi connectivity index (χ0v) is 23.7. The third-order valence-electron chi connectivity index (χ3n) is 6.85. The Morgan fingerprint density at radius 2 is 1.66 bits per heavy atom. The molecule has 0 aromatic heterocycles. The number of benzene rings is 2. The van der Waals surface area contributed by atoms with E-state index in [9.17, 15) is 24.9 Å². The van der Waals surface area contributed by atoms with Crippen LogP contribution in [0, 0.1) is 0 Å². The molecule has 4 rings (SSSR count). The van der Waals surface area contributed by atoms with Crippen LogP contribution < -0.4 is 5.32 Å². The van der Waals surface area contributed by atoms with Crippen molar-refractivity contribution >= 4 is 34.8 Å². The number of carbonyl (C=O) groups excluding carboxylic acids is 2. The smallest absolute Gasteiger partial charge is 0.408 e. The van der Waals surface area contributed by atoms with Gasteiger partial charge in [-0.2, -0.15) is 0 Å². The first kappa shape index (κ1) is 30.5. The fourth-order valence-corrected chi connectivity index (χ4v) is 5.08. The summed E-state index contributed by atoms with van der Waals surface area (Å²) in [5, 5.41) is 34.8. The molecule has 2 aromatic carbocycles. The number of alkyl carbamates (subject to hydrolysis) is 1. The summed E-state index contributed by atoms with van der Waals surface area (Å²) < 4.78 is 10.8. The van der Waals surface area contributed by atoms with Crippen LogP contribution in [0.15, 0.2) is 70.6 Å². The van der Waals surface area contributed by atoms with Gasteiger partial charge in [0.1, 0.15) is 19.3 Å². The molecule has 41 heavy (non-hydrogen) atoms. The second kappa shape index (κ2) is 14.4. The van der Waals surface area contributed by atoms with Crippen LogP contribution in [0.2, 0.25) is 0 Å². The van der Waals surface area contributed by atoms with Crippen molar-refractivity contribution in [2.24, 2.45) is 9.98 Å². The number of ether oxygens (including phenoxy) is 2. The highest BCUT2D eigenvalue weighted by atomic mass is 32.2. The van der Waals surface area contributed by atoms with Gasteiger partial charge < -0.3 is 35.0 Å². The first-order chi connectivity index (χ1) is 19.8. The van der Waals surface area contributed by atoms with E-state index in [1.165, 1.54) is 11.8 Å². The van der Waals surface area contributed by atoms with E-state index in [1.54, 1.807) is 11.2 Å². The molecule has 1 unspecified atom stereocenters. The average molecular weight is 585 g/mol. The first-order valence-corrected chi connectivity index (χ1v) is 14.7. The van der Waals surface area contributed by atoms with Crippen molar-refractivity contribution in [2.45, 2.75) is 62.9 Å². The Bertz CT molecular complexity index is 1230. The highest BCUT2D eigenvalue weighted by Crippen LogP contribution is 2.31. The Morgan fingerprint density at radius 1 is 1.02 bits per heavy atom. The number of aliphatic imine (C=N–C) groups is 2. The van der Waals surface area contributed by atoms with Crippen LogP contribution in [0.4, 0.5) is 4.79 Å². The normalized spacial score (nSPS) is 22.6. The topological polar surface area (TPSA) is 153 Å². The number of aliphatic hydroxyl groups is 3. The van der Waals surface area contributed by atoms with Gasteiger partial charge in [-0.1, -0.05) is 72.4 Å². The molecule has 2 aromatic rings. The number of thioether (sulfide) groups is 1. The van der Waals surface area contributed by atoms with Gasteiger partial charge in [-0.3, -0.25) is 0 Å². The Labute approximate surface area is 243 Å². The average Bonchev–Trinajstić information content (AvgIpc) is 3.28. The van der Waals surface area contributed by atoms with Crippen molar-refractivity contribution in [2.75, 3.05) is 19.3 Å². The lowest BCUT2D eigenvalue weighted by Crippen LogP contribution is -2.46. The molecule has 0 bridgehead atoms. The Balaban J connectivity index is 1.35. The minimum atomic E-state index is -1.71. The van der Waals surface area contributed by atoms with E-state index in [1.807, 2.05) is 60.7 Å². The summed E-state index contributed by atoms with van der Waals surface area (Å²) >= 11 is 1.28. The maximum absolute atomic E-state index is 13.0. The van der Waals surface area contributed by atoms with Crippen LogP contribution in [0.5, 0.6) is 0 Å². The predicted molar refractivity (Wildman–Crippen MR) is 155 cm³/mol. The van der Waals surface area contributed by atoms with Gasteiger partial charge in [0.15, 0.2) is 11.0 Å². The molecule has 0 radical (unpaired) electrons. The van der Waals surface area contributed by atoms with Gasteiger partial charge in [-0.25, -0.2) is 19.6 Å². The van der Waals surface area contributed by atoms with Crippen molar-refractivity contribution < 1.29 is 34.4 Å². The molecule has 2 aliphatic heterocycles. The first-order valence-electron chi connectivity index (χ1n) is 13.5. The lowest BCUT2D eigenvalue weighted by atomic mass is 10.0. The lowest BCUT2D eigenvalue weighted by molar-refractivity contribution is -0.147. The molecule has 0 saturated carbocycles. The molecule has 2 aliphatic rings. The van der Waals surface area contributed by atoms with E-state index in [0.29, 0.717) is 30.4 Å². The summed E-state index contributed by atoms with van der Waals surface area (Å²) in [4.78, 5) is 35.9. The second-order valence-corrected chi connectivity index (χ2v) is 10.8. The summed E-state index contributed by atoms with van der Waals surface area (Å²) in [5.41, 5.74) is -0.0628. The van der Waals surface area contributed by atoms with E-state index in [-0.39, 0.29) is 32.6 Å². The van der Waals surface area contributed by atoms with Crippen LogP contribution >= 0.6 is 11.8 Å². The predicted octanol–water partition coefficient (Wildman–Crippen LogP) is 2.44. The highest BCUT2D eigenvalue weighted by Gasteiger charge is 2.47. The number of esters is 1. The summed E-state index contributed by atoms with van der Waals surface area (Å²) in [6, 6.07) is 17.5. The molecule has 1 saturated heterocycles. The van der Waals surface area contributed by atoms with Crippen LogP contribution in [0.25, 0.3) is 0 Å². The van der Waals surface area contributed by atoms with Crippen molar-refractivity contribution in [3.8, 4) is 0 Å². The summed E-state index contributed by atoms with van der Waals surface area (Å²) in [7, 11) is 0. The van der Waals surface area contributed by atoms with Crippen LogP contribution in [-0.2, 0) is 27.5 Å². The number of nitrogens with one attached hydrogen (secondary N) is 1. The van der Waals surface area contributed by atoms with Gasteiger partial charge in [0.05, 0.1) is 12.2 Å². The minimum absolute atomic E-state index is 0.0622. The number of amides is 1. The molecule has 2 heterocycles. The number of amidine groups is 2. The lowest BCUT2D eigenvalue weighted by Gasteiger charge is -2.29. The maximum atomic E-state index is 13.0. The number of unbranched alkanes of at least 4 members (excludes halogenated alkanes) is 1. The molecule has 220 valence electrons. The number of hydrogen-bond acceptors (Lipinski definition) is 11. The maximum Gasteiger partial charge on any atom is 0.408 e. The van der Waals surface area contributed by atoms with E-state index in [4.69, 9.17) is 9.47 Å². The van der Waals surface area contributed by atoms with E-state index in [2.05, 4.69) is 15.3 Å². The molecule has 4 atom stereocenters. The van der Waals surface area contributed by atoms with Gasteiger partial charge in [0, 0.05) is 19.5 Å². The third kappa shape index (κ3) is 8.52. The summed E-state index contributed by atoms with van der Waals surface area (Å²) in [5.74, 6) is -0.287. The van der Waals surface area contributed by atoms with Gasteiger partial charge in [0.2, 0.25) is 5.72 Å². The molecule has 0 spiro atoms. The number of fused-ring (bicyclic) bond motifs is 1. The van der Waals surface area contributed by atoms with Crippen molar-refractivity contribution in [3.05, 3.63) is 71.8 Å². The monoisotopic (exact) mass is 584 g/mol. The van der Waals surface area contributed by atoms with Gasteiger partial charge in [-0.15, -0.1) is 0 Å². The number of nitrogens with zero attached hydrogens (tertiary/aromatic N) is 3. The molecule has 4 N–H and O–H groups in total.